The van der Waals surface area contributed by atoms with Crippen LogP contribution in [0, 0.1) is 13.8 Å². The van der Waals surface area contributed by atoms with Crippen molar-refractivity contribution in [3.8, 4) is 0 Å². The summed E-state index contributed by atoms with van der Waals surface area (Å²) >= 11 is 3.05. The summed E-state index contributed by atoms with van der Waals surface area (Å²) < 4.78 is 0. The highest BCUT2D eigenvalue weighted by Crippen LogP contribution is 2.27. The van der Waals surface area contributed by atoms with Gasteiger partial charge in [0.1, 0.15) is 16.4 Å². The fourth-order valence-electron chi connectivity index (χ4n) is 1.92. The molecule has 0 saturated carbocycles. The van der Waals surface area contributed by atoms with Gasteiger partial charge in [0.05, 0.1) is 16.4 Å². The van der Waals surface area contributed by atoms with Crippen molar-refractivity contribution in [3.63, 3.8) is 0 Å². The highest BCUT2D eigenvalue weighted by atomic mass is 32.2. The summed E-state index contributed by atoms with van der Waals surface area (Å²) in [6, 6.07) is 0. The van der Waals surface area contributed by atoms with Gasteiger partial charge in [-0.1, -0.05) is 18.7 Å². The van der Waals surface area contributed by atoms with Crippen molar-refractivity contribution in [2.45, 2.75) is 44.4 Å². The summed E-state index contributed by atoms with van der Waals surface area (Å²) in [4.78, 5) is 24.3. The minimum Gasteiger partial charge on any atom is -0.478 e. The molecule has 0 atom stereocenters. The number of carbonyl (C=O) groups is 1. The number of aryl methyl sites for hydroxylation is 3. The third kappa shape index (κ3) is 4.01. The van der Waals surface area contributed by atoms with Gasteiger partial charge in [0, 0.05) is 11.1 Å². The molecule has 21 heavy (non-hydrogen) atoms. The van der Waals surface area contributed by atoms with Gasteiger partial charge in [0.15, 0.2) is 0 Å². The molecule has 112 valence electrons. The van der Waals surface area contributed by atoms with Crippen molar-refractivity contribution < 1.29 is 9.90 Å². The third-order valence-corrected chi connectivity index (χ3v) is 4.77. The summed E-state index contributed by atoms with van der Waals surface area (Å²) in [6.45, 7) is 5.59. The smallest absolute Gasteiger partial charge is 0.340 e. The molecule has 0 saturated heterocycles. The highest BCUT2D eigenvalue weighted by Gasteiger charge is 2.17. The second-order valence-electron chi connectivity index (χ2n) is 4.61. The molecule has 2 aromatic heterocycles. The van der Waals surface area contributed by atoms with E-state index in [1.165, 1.54) is 11.8 Å². The lowest BCUT2D eigenvalue weighted by atomic mass is 10.2. The van der Waals surface area contributed by atoms with E-state index >= 15 is 0 Å². The van der Waals surface area contributed by atoms with E-state index in [-0.39, 0.29) is 5.56 Å². The van der Waals surface area contributed by atoms with Crippen LogP contribution in [0.1, 0.15) is 45.9 Å². The fraction of sp³-hybridized carbons (Fsp3) is 0.429. The average molecular weight is 323 g/mol. The minimum atomic E-state index is -0.986. The Balaban J connectivity index is 2.17. The first kappa shape index (κ1) is 15.9. The number of thiazole rings is 1. The molecule has 2 rings (SSSR count). The molecule has 0 aliphatic heterocycles. The number of nitrogens with zero attached hydrogens (tertiary/aromatic N) is 3. The molecule has 0 spiro atoms. The number of carboxylic acids is 1. The minimum absolute atomic E-state index is 0.189. The van der Waals surface area contributed by atoms with Crippen molar-refractivity contribution in [2.24, 2.45) is 0 Å². The molecular weight excluding hydrogens is 306 g/mol. The van der Waals surface area contributed by atoms with E-state index in [2.05, 4.69) is 21.9 Å². The van der Waals surface area contributed by atoms with E-state index in [0.717, 1.165) is 23.5 Å². The number of aromatic carboxylic acids is 1. The molecule has 7 heteroatoms. The molecule has 5 nitrogen and oxygen atoms in total. The van der Waals surface area contributed by atoms with Crippen LogP contribution in [-0.4, -0.2) is 26.0 Å². The second kappa shape index (κ2) is 7.00. The van der Waals surface area contributed by atoms with Gasteiger partial charge in [-0.15, -0.1) is 11.3 Å². The molecule has 0 radical (unpaired) electrons. The lowest BCUT2D eigenvalue weighted by Gasteiger charge is -2.07. The molecule has 1 N–H and O–H groups in total. The normalized spacial score (nSPS) is 10.8. The maximum Gasteiger partial charge on any atom is 0.340 e. The zero-order chi connectivity index (χ0) is 15.4. The van der Waals surface area contributed by atoms with Gasteiger partial charge in [-0.05, 0) is 26.7 Å². The lowest BCUT2D eigenvalue weighted by molar-refractivity contribution is 0.0690. The van der Waals surface area contributed by atoms with E-state index in [4.69, 9.17) is 0 Å². The van der Waals surface area contributed by atoms with E-state index in [0.29, 0.717) is 22.3 Å². The van der Waals surface area contributed by atoms with Crippen LogP contribution in [0.4, 0.5) is 0 Å². The molecule has 0 bridgehead atoms. The molecular formula is C14H17N3O2S2. The van der Waals surface area contributed by atoms with Crippen LogP contribution in [0.5, 0.6) is 0 Å². The van der Waals surface area contributed by atoms with Gasteiger partial charge >= 0.3 is 5.97 Å². The quantitative estimate of drug-likeness (QED) is 0.648. The first-order valence-corrected chi connectivity index (χ1v) is 8.52. The van der Waals surface area contributed by atoms with Crippen LogP contribution < -0.4 is 0 Å². The molecule has 0 fully saturated rings. The lowest BCUT2D eigenvalue weighted by Crippen LogP contribution is -2.08. The Morgan fingerprint density at radius 3 is 2.76 bits per heavy atom. The summed E-state index contributed by atoms with van der Waals surface area (Å²) in [5, 5.41) is 13.0. The predicted molar refractivity (Wildman–Crippen MR) is 84.1 cm³/mol. The molecule has 0 aliphatic carbocycles. The maximum absolute atomic E-state index is 11.3. The van der Waals surface area contributed by atoms with Crippen LogP contribution in [0.3, 0.4) is 0 Å². The molecule has 0 aliphatic rings. The molecule has 0 aromatic carbocycles. The van der Waals surface area contributed by atoms with Crippen molar-refractivity contribution in [3.05, 3.63) is 33.2 Å². The van der Waals surface area contributed by atoms with E-state index in [1.54, 1.807) is 25.2 Å². The first-order chi connectivity index (χ1) is 10.0. The van der Waals surface area contributed by atoms with Crippen molar-refractivity contribution in [1.29, 1.82) is 0 Å². The Morgan fingerprint density at radius 1 is 1.33 bits per heavy atom. The second-order valence-corrected chi connectivity index (χ2v) is 6.52. The summed E-state index contributed by atoms with van der Waals surface area (Å²) in [6.07, 6.45) is 2.06. The summed E-state index contributed by atoms with van der Waals surface area (Å²) in [7, 11) is 0. The van der Waals surface area contributed by atoms with Crippen LogP contribution in [0.2, 0.25) is 0 Å². The number of thioether (sulfide) groups is 1. The monoisotopic (exact) mass is 323 g/mol. The van der Waals surface area contributed by atoms with Gasteiger partial charge in [0.25, 0.3) is 0 Å². The largest absolute Gasteiger partial charge is 0.478 e. The van der Waals surface area contributed by atoms with Crippen LogP contribution in [0.25, 0.3) is 0 Å². The van der Waals surface area contributed by atoms with E-state index in [9.17, 15) is 9.90 Å². The number of carboxylic acid groups (broad SMARTS) is 1. The van der Waals surface area contributed by atoms with Gasteiger partial charge in [-0.2, -0.15) is 0 Å². The van der Waals surface area contributed by atoms with Crippen LogP contribution in [0.15, 0.2) is 10.4 Å². The Labute approximate surface area is 131 Å². The van der Waals surface area contributed by atoms with E-state index in [1.807, 2.05) is 5.38 Å². The maximum atomic E-state index is 11.3. The van der Waals surface area contributed by atoms with Crippen LogP contribution >= 0.6 is 23.1 Å². The third-order valence-electron chi connectivity index (χ3n) is 2.80. The predicted octanol–water partition coefficient (Wildman–Crippen LogP) is 3.49. The standard InChI is InChI=1S/C14H17N3O2S2/c1-4-5-11-17-10(6-20-11)7-21-13-12(14(18)19)8(2)15-9(3)16-13/h6H,4-5,7H2,1-3H3,(H,18,19). The number of rotatable bonds is 6. The molecule has 0 unspecified atom stereocenters. The Kier molecular flexibility index (Phi) is 5.30. The summed E-state index contributed by atoms with van der Waals surface area (Å²) in [5.74, 6) is 0.223. The number of hydrogen-bond donors (Lipinski definition) is 1. The zero-order valence-electron chi connectivity index (χ0n) is 12.2. The molecule has 2 heterocycles. The van der Waals surface area contributed by atoms with Crippen molar-refractivity contribution >= 4 is 29.1 Å². The Morgan fingerprint density at radius 2 is 2.10 bits per heavy atom. The van der Waals surface area contributed by atoms with Crippen molar-refractivity contribution in [1.82, 2.24) is 15.0 Å². The molecule has 2 aromatic rings. The van der Waals surface area contributed by atoms with Crippen LogP contribution in [-0.2, 0) is 12.2 Å². The van der Waals surface area contributed by atoms with Gasteiger partial charge in [-0.25, -0.2) is 19.7 Å². The van der Waals surface area contributed by atoms with Gasteiger partial charge < -0.3 is 5.11 Å². The zero-order valence-corrected chi connectivity index (χ0v) is 13.8. The Hall–Kier alpha value is -1.47. The summed E-state index contributed by atoms with van der Waals surface area (Å²) in [5.41, 5.74) is 1.66. The SMILES string of the molecule is CCCc1nc(CSc2nc(C)nc(C)c2C(=O)O)cs1. The number of hydrogen-bond acceptors (Lipinski definition) is 6. The Bertz CT molecular complexity index is 656. The van der Waals surface area contributed by atoms with E-state index < -0.39 is 5.97 Å². The highest BCUT2D eigenvalue weighted by molar-refractivity contribution is 7.98. The fourth-order valence-corrected chi connectivity index (χ4v) is 3.93. The molecule has 0 amide bonds. The first-order valence-electron chi connectivity index (χ1n) is 6.65. The van der Waals surface area contributed by atoms with Crippen molar-refractivity contribution in [2.75, 3.05) is 0 Å². The number of aromatic nitrogens is 3. The van der Waals surface area contributed by atoms with Gasteiger partial charge in [-0.3, -0.25) is 0 Å². The van der Waals surface area contributed by atoms with Gasteiger partial charge in [0.2, 0.25) is 0 Å². The topological polar surface area (TPSA) is 76.0 Å². The average Bonchev–Trinajstić information content (AvgIpc) is 2.83.